The molecular weight excluding hydrogens is 301 g/mol. The van der Waals surface area contributed by atoms with Gasteiger partial charge in [-0.3, -0.25) is 9.78 Å². The summed E-state index contributed by atoms with van der Waals surface area (Å²) in [7, 11) is 0. The van der Waals surface area contributed by atoms with Gasteiger partial charge >= 0.3 is 6.18 Å². The highest BCUT2D eigenvalue weighted by Crippen LogP contribution is 2.23. The molecule has 1 aromatic heterocycles. The molecule has 7 heteroatoms. The van der Waals surface area contributed by atoms with Crippen LogP contribution < -0.4 is 5.32 Å². The highest BCUT2D eigenvalue weighted by atomic mass is 79.9. The number of carbonyl (C=O) groups is 1. The molecule has 17 heavy (non-hydrogen) atoms. The van der Waals surface area contributed by atoms with Crippen molar-refractivity contribution >= 4 is 21.7 Å². The van der Waals surface area contributed by atoms with E-state index in [-0.39, 0.29) is 0 Å². The molecule has 1 N–H and O–H groups in total. The summed E-state index contributed by atoms with van der Waals surface area (Å²) in [5, 5.41) is 2.60. The molecule has 0 radical (unpaired) electrons. The standard InChI is InChI=1S/C10H8BrF3N2O/c11-8(9(17)10(12,13)14)6-16-5-7-1-3-15-4-2-7/h1-4,6,16H,5H2. The van der Waals surface area contributed by atoms with Gasteiger partial charge in [-0.2, -0.15) is 13.2 Å². The first-order valence-corrected chi connectivity index (χ1v) is 5.30. The molecule has 0 unspecified atom stereocenters. The number of alkyl halides is 3. The number of carbonyl (C=O) groups excluding carboxylic acids is 1. The Bertz CT molecular complexity index is 417. The monoisotopic (exact) mass is 308 g/mol. The summed E-state index contributed by atoms with van der Waals surface area (Å²) in [6.07, 6.45) is -0.753. The number of nitrogens with one attached hydrogen (secondary N) is 1. The average molecular weight is 309 g/mol. The van der Waals surface area contributed by atoms with Gasteiger partial charge in [-0.05, 0) is 33.6 Å². The summed E-state index contributed by atoms with van der Waals surface area (Å²) in [5.41, 5.74) is 0.844. The fourth-order valence-electron chi connectivity index (χ4n) is 0.960. The Hall–Kier alpha value is -1.37. The fraction of sp³-hybridized carbons (Fsp3) is 0.200. The zero-order valence-electron chi connectivity index (χ0n) is 8.46. The molecule has 0 fully saturated rings. The quantitative estimate of drug-likeness (QED) is 0.869. The predicted molar refractivity (Wildman–Crippen MR) is 59.1 cm³/mol. The van der Waals surface area contributed by atoms with E-state index in [0.29, 0.717) is 6.54 Å². The van der Waals surface area contributed by atoms with Gasteiger partial charge in [-0.15, -0.1) is 0 Å². The Balaban J connectivity index is 2.52. The predicted octanol–water partition coefficient (Wildman–Crippen LogP) is 2.54. The highest BCUT2D eigenvalue weighted by Gasteiger charge is 2.39. The first-order chi connectivity index (χ1) is 7.91. The molecule has 0 spiro atoms. The zero-order chi connectivity index (χ0) is 12.9. The smallest absolute Gasteiger partial charge is 0.386 e. The largest absolute Gasteiger partial charge is 0.455 e. The van der Waals surface area contributed by atoms with E-state index in [4.69, 9.17) is 0 Å². The van der Waals surface area contributed by atoms with Crippen molar-refractivity contribution < 1.29 is 18.0 Å². The van der Waals surface area contributed by atoms with Gasteiger partial charge in [0.25, 0.3) is 5.78 Å². The first kappa shape index (κ1) is 13.7. The van der Waals surface area contributed by atoms with Gasteiger partial charge in [-0.25, -0.2) is 0 Å². The second-order valence-corrected chi connectivity index (χ2v) is 3.91. The van der Waals surface area contributed by atoms with Crippen LogP contribution in [0.1, 0.15) is 5.56 Å². The van der Waals surface area contributed by atoms with Crippen molar-refractivity contribution in [2.24, 2.45) is 0 Å². The second kappa shape index (κ2) is 5.81. The van der Waals surface area contributed by atoms with Gasteiger partial charge in [0.15, 0.2) is 0 Å². The van der Waals surface area contributed by atoms with Gasteiger partial charge in [0.2, 0.25) is 0 Å². The number of hydrogen-bond acceptors (Lipinski definition) is 3. The summed E-state index contributed by atoms with van der Waals surface area (Å²) in [4.78, 5) is 14.5. The SMILES string of the molecule is O=C(C(Br)=CNCc1ccncc1)C(F)(F)F. The third kappa shape index (κ3) is 4.56. The molecule has 0 aromatic carbocycles. The van der Waals surface area contributed by atoms with E-state index in [2.05, 4.69) is 26.2 Å². The minimum absolute atomic E-state index is 0.308. The van der Waals surface area contributed by atoms with Crippen LogP contribution in [0.3, 0.4) is 0 Å². The van der Waals surface area contributed by atoms with Crippen molar-refractivity contribution in [2.75, 3.05) is 0 Å². The molecule has 0 saturated carbocycles. The number of rotatable bonds is 4. The van der Waals surface area contributed by atoms with Crippen LogP contribution in [0.15, 0.2) is 35.2 Å². The van der Waals surface area contributed by atoms with Gasteiger partial charge in [-0.1, -0.05) is 0 Å². The van der Waals surface area contributed by atoms with Gasteiger partial charge in [0, 0.05) is 25.1 Å². The van der Waals surface area contributed by atoms with Crippen LogP contribution in [-0.2, 0) is 11.3 Å². The number of ketones is 1. The summed E-state index contributed by atoms with van der Waals surface area (Å²) in [5.74, 6) is -1.92. The lowest BCUT2D eigenvalue weighted by Gasteiger charge is -2.05. The number of Topliss-reactive ketones (excluding diaryl/α,β-unsaturated/α-hetero) is 1. The molecule has 1 rings (SSSR count). The van der Waals surface area contributed by atoms with E-state index in [1.165, 1.54) is 0 Å². The van der Waals surface area contributed by atoms with Crippen LogP contribution in [0.5, 0.6) is 0 Å². The lowest BCUT2D eigenvalue weighted by Crippen LogP contribution is -2.23. The Morgan fingerprint density at radius 2 is 2.00 bits per heavy atom. The van der Waals surface area contributed by atoms with Crippen LogP contribution in [0, 0.1) is 0 Å². The number of halogens is 4. The van der Waals surface area contributed by atoms with Crippen molar-refractivity contribution in [1.82, 2.24) is 10.3 Å². The van der Waals surface area contributed by atoms with Crippen LogP contribution in [0.4, 0.5) is 13.2 Å². The Kier molecular flexibility index (Phi) is 4.68. The molecule has 0 saturated heterocycles. The molecule has 1 heterocycles. The molecule has 0 aliphatic rings. The number of allylic oxidation sites excluding steroid dienone is 1. The Morgan fingerprint density at radius 3 is 2.53 bits per heavy atom. The van der Waals surface area contributed by atoms with Crippen molar-refractivity contribution in [3.8, 4) is 0 Å². The number of pyridine rings is 1. The van der Waals surface area contributed by atoms with Crippen LogP contribution in [0.25, 0.3) is 0 Å². The molecule has 0 bridgehead atoms. The van der Waals surface area contributed by atoms with E-state index in [9.17, 15) is 18.0 Å². The minimum Gasteiger partial charge on any atom is -0.386 e. The third-order valence-electron chi connectivity index (χ3n) is 1.76. The van der Waals surface area contributed by atoms with Gasteiger partial charge < -0.3 is 5.32 Å². The van der Waals surface area contributed by atoms with Crippen LogP contribution >= 0.6 is 15.9 Å². The number of hydrogen-bond donors (Lipinski definition) is 1. The van der Waals surface area contributed by atoms with E-state index in [1.807, 2.05) is 0 Å². The molecule has 0 aliphatic carbocycles. The maximum absolute atomic E-state index is 12.0. The summed E-state index contributed by atoms with van der Waals surface area (Å²) in [6, 6.07) is 3.42. The fourth-order valence-corrected chi connectivity index (χ4v) is 1.35. The topological polar surface area (TPSA) is 42.0 Å². The van der Waals surface area contributed by atoms with Gasteiger partial charge in [0.1, 0.15) is 0 Å². The third-order valence-corrected chi connectivity index (χ3v) is 2.35. The summed E-state index contributed by atoms with van der Waals surface area (Å²) in [6.45, 7) is 0.308. The molecule has 3 nitrogen and oxygen atoms in total. The van der Waals surface area contributed by atoms with E-state index < -0.39 is 16.4 Å². The van der Waals surface area contributed by atoms with E-state index in [1.54, 1.807) is 24.5 Å². The molecule has 0 atom stereocenters. The molecular formula is C10H8BrF3N2O. The Labute approximate surface area is 104 Å². The van der Waals surface area contributed by atoms with E-state index in [0.717, 1.165) is 11.8 Å². The molecule has 0 amide bonds. The van der Waals surface area contributed by atoms with Crippen molar-refractivity contribution in [2.45, 2.75) is 12.7 Å². The summed E-state index contributed by atoms with van der Waals surface area (Å²) < 4.78 is 35.4. The Morgan fingerprint density at radius 1 is 1.41 bits per heavy atom. The normalized spacial score (nSPS) is 12.4. The maximum Gasteiger partial charge on any atom is 0.455 e. The maximum atomic E-state index is 12.0. The molecule has 1 aromatic rings. The number of aromatic nitrogens is 1. The van der Waals surface area contributed by atoms with Crippen LogP contribution in [-0.4, -0.2) is 16.9 Å². The van der Waals surface area contributed by atoms with Crippen molar-refractivity contribution in [3.05, 3.63) is 40.8 Å². The zero-order valence-corrected chi connectivity index (χ0v) is 10.0. The van der Waals surface area contributed by atoms with E-state index >= 15 is 0 Å². The lowest BCUT2D eigenvalue weighted by molar-refractivity contribution is -0.165. The summed E-state index contributed by atoms with van der Waals surface area (Å²) >= 11 is 2.57. The molecule has 0 aliphatic heterocycles. The second-order valence-electron chi connectivity index (χ2n) is 3.06. The minimum atomic E-state index is -4.87. The van der Waals surface area contributed by atoms with Gasteiger partial charge in [0.05, 0.1) is 4.48 Å². The van der Waals surface area contributed by atoms with Crippen molar-refractivity contribution in [3.63, 3.8) is 0 Å². The average Bonchev–Trinajstić information content (AvgIpc) is 2.28. The highest BCUT2D eigenvalue weighted by molar-refractivity contribution is 9.12. The number of nitrogens with zero attached hydrogens (tertiary/aromatic N) is 1. The van der Waals surface area contributed by atoms with Crippen LogP contribution in [0.2, 0.25) is 0 Å². The lowest BCUT2D eigenvalue weighted by atomic mass is 10.3. The first-order valence-electron chi connectivity index (χ1n) is 4.50. The molecule has 92 valence electrons. The van der Waals surface area contributed by atoms with Crippen molar-refractivity contribution in [1.29, 1.82) is 0 Å².